The lowest BCUT2D eigenvalue weighted by Crippen LogP contribution is -2.21. The van der Waals surface area contributed by atoms with Gasteiger partial charge in [0.05, 0.1) is 49.2 Å². The highest BCUT2D eigenvalue weighted by Gasteiger charge is 2.28. The van der Waals surface area contributed by atoms with Crippen molar-refractivity contribution in [3.63, 3.8) is 0 Å². The molecule has 0 fully saturated rings. The molecular weight excluding hydrogens is 687 g/mol. The van der Waals surface area contributed by atoms with E-state index in [1.165, 1.54) is 33.4 Å². The Kier molecular flexibility index (Phi) is 9.20. The van der Waals surface area contributed by atoms with Crippen LogP contribution in [0.25, 0.3) is 27.5 Å². The zero-order valence-electron chi connectivity index (χ0n) is 30.7. The Morgan fingerprint density at radius 1 is 0.400 bits per heavy atom. The number of ether oxygens (including phenoxy) is 6. The molecule has 6 aromatic carbocycles. The molecule has 0 amide bonds. The minimum absolute atomic E-state index is 0.157. The number of aromatic nitrogens is 1. The van der Waals surface area contributed by atoms with Gasteiger partial charge in [-0.3, -0.25) is 0 Å². The first-order valence-electron chi connectivity index (χ1n) is 19.4. The highest BCUT2D eigenvalue weighted by Crippen LogP contribution is 2.39. The first-order chi connectivity index (χ1) is 27.2. The molecule has 0 N–H and O–H groups in total. The standard InChI is InChI=1S/C48H43NO6/c1-4-10-39-32(7-1)27-46(39)53-24-21-50-36-15-13-35(14-16-36)49-44-19-17-37(51-22-25-54-47-28-33-8-2-5-11-40(33)47)30-42(44)43-31-38(18-20-45(43)49)52-23-26-55-48-29-34-9-3-6-12-41(34)48/h1-20,30-31,46-48H,21-29H2. The van der Waals surface area contributed by atoms with E-state index in [0.717, 1.165) is 64.0 Å². The number of benzene rings is 6. The van der Waals surface area contributed by atoms with E-state index in [-0.39, 0.29) is 18.3 Å². The fraction of sp³-hybridized carbons (Fsp3) is 0.250. The SMILES string of the molecule is c1ccc2c(c1)CC2OCCOc1ccc(-n2c3ccc(OCCOC4Cc5ccccc54)cc3c3cc(OCCOC4Cc5ccccc54)ccc32)cc1. The summed E-state index contributed by atoms with van der Waals surface area (Å²) in [7, 11) is 0. The van der Waals surface area contributed by atoms with Crippen molar-refractivity contribution in [2.75, 3.05) is 39.6 Å². The maximum Gasteiger partial charge on any atom is 0.120 e. The summed E-state index contributed by atoms with van der Waals surface area (Å²) in [6, 6.07) is 46.3. The lowest BCUT2D eigenvalue weighted by atomic mass is 9.85. The van der Waals surface area contributed by atoms with E-state index in [9.17, 15) is 0 Å². The van der Waals surface area contributed by atoms with Gasteiger partial charge in [-0.1, -0.05) is 72.8 Å². The van der Waals surface area contributed by atoms with Crippen molar-refractivity contribution in [2.24, 2.45) is 0 Å². The normalized spacial score (nSPS) is 17.7. The van der Waals surface area contributed by atoms with E-state index < -0.39 is 0 Å². The molecule has 1 aromatic heterocycles. The first-order valence-corrected chi connectivity index (χ1v) is 19.4. The Labute approximate surface area is 320 Å². The fourth-order valence-electron chi connectivity index (χ4n) is 8.26. The molecule has 0 spiro atoms. The number of nitrogens with zero attached hydrogens (tertiary/aromatic N) is 1. The molecule has 0 saturated carbocycles. The molecule has 7 heteroatoms. The lowest BCUT2D eigenvalue weighted by molar-refractivity contribution is 0.0194. The second kappa shape index (κ2) is 14.9. The molecule has 0 aliphatic heterocycles. The molecule has 1 heterocycles. The van der Waals surface area contributed by atoms with Crippen LogP contribution in [0.1, 0.15) is 51.7 Å². The summed E-state index contributed by atoms with van der Waals surface area (Å²) in [5.41, 5.74) is 11.2. The van der Waals surface area contributed by atoms with Crippen molar-refractivity contribution in [1.29, 1.82) is 0 Å². The number of rotatable bonds is 16. The van der Waals surface area contributed by atoms with Crippen LogP contribution in [-0.2, 0) is 33.5 Å². The number of hydrogen-bond acceptors (Lipinski definition) is 6. The second-order valence-corrected chi connectivity index (χ2v) is 14.5. The lowest BCUT2D eigenvalue weighted by Gasteiger charge is -2.29. The van der Waals surface area contributed by atoms with Gasteiger partial charge in [-0.25, -0.2) is 0 Å². The highest BCUT2D eigenvalue weighted by molar-refractivity contribution is 6.10. The topological polar surface area (TPSA) is 60.3 Å². The van der Waals surface area contributed by atoms with Gasteiger partial charge in [0.25, 0.3) is 0 Å². The molecule has 55 heavy (non-hydrogen) atoms. The largest absolute Gasteiger partial charge is 0.491 e. The predicted octanol–water partition coefficient (Wildman–Crippen LogP) is 9.86. The van der Waals surface area contributed by atoms with Crippen LogP contribution in [0.4, 0.5) is 0 Å². The summed E-state index contributed by atoms with van der Waals surface area (Å²) in [6.07, 6.45) is 3.38. The van der Waals surface area contributed by atoms with Crippen molar-refractivity contribution < 1.29 is 28.4 Å². The van der Waals surface area contributed by atoms with Crippen LogP contribution in [-0.4, -0.2) is 44.2 Å². The maximum atomic E-state index is 6.25. The van der Waals surface area contributed by atoms with Crippen LogP contribution in [0.3, 0.4) is 0 Å². The molecular formula is C48H43NO6. The predicted molar refractivity (Wildman–Crippen MR) is 214 cm³/mol. The van der Waals surface area contributed by atoms with Gasteiger partial charge in [-0.15, -0.1) is 0 Å². The molecule has 3 aliphatic carbocycles. The molecule has 0 bridgehead atoms. The Bertz CT molecular complexity index is 2350. The molecule has 276 valence electrons. The van der Waals surface area contributed by atoms with E-state index >= 15 is 0 Å². The second-order valence-electron chi connectivity index (χ2n) is 14.5. The average Bonchev–Trinajstić information content (AvgIpc) is 3.51. The monoisotopic (exact) mass is 729 g/mol. The van der Waals surface area contributed by atoms with Crippen LogP contribution >= 0.6 is 0 Å². The molecule has 10 rings (SSSR count). The van der Waals surface area contributed by atoms with E-state index in [1.807, 2.05) is 24.3 Å². The van der Waals surface area contributed by atoms with Crippen molar-refractivity contribution in [2.45, 2.75) is 37.6 Å². The molecule has 0 radical (unpaired) electrons. The molecule has 3 unspecified atom stereocenters. The summed E-state index contributed by atoms with van der Waals surface area (Å²) < 4.78 is 39.3. The number of hydrogen-bond donors (Lipinski definition) is 0. The van der Waals surface area contributed by atoms with Crippen molar-refractivity contribution in [3.8, 4) is 22.9 Å². The summed E-state index contributed by atoms with van der Waals surface area (Å²) in [5.74, 6) is 2.43. The minimum Gasteiger partial charge on any atom is -0.491 e. The van der Waals surface area contributed by atoms with Gasteiger partial charge >= 0.3 is 0 Å². The van der Waals surface area contributed by atoms with Gasteiger partial charge in [0.1, 0.15) is 37.1 Å². The zero-order chi connectivity index (χ0) is 36.6. The summed E-state index contributed by atoms with van der Waals surface area (Å²) in [4.78, 5) is 0. The van der Waals surface area contributed by atoms with Gasteiger partial charge < -0.3 is 33.0 Å². The quantitative estimate of drug-likeness (QED) is 0.0924. The van der Waals surface area contributed by atoms with Gasteiger partial charge in [-0.05, 0) is 94.0 Å². The average molecular weight is 730 g/mol. The maximum absolute atomic E-state index is 6.25. The summed E-state index contributed by atoms with van der Waals surface area (Å²) in [6.45, 7) is 3.05. The Balaban J connectivity index is 0.831. The third-order valence-corrected chi connectivity index (χ3v) is 11.2. The van der Waals surface area contributed by atoms with E-state index in [0.29, 0.717) is 39.6 Å². The van der Waals surface area contributed by atoms with Gasteiger partial charge in [0.15, 0.2) is 0 Å². The van der Waals surface area contributed by atoms with E-state index in [1.54, 1.807) is 0 Å². The number of fused-ring (bicyclic) bond motifs is 6. The third kappa shape index (κ3) is 6.73. The molecule has 3 atom stereocenters. The molecule has 0 saturated heterocycles. The first kappa shape index (κ1) is 33.9. The van der Waals surface area contributed by atoms with Crippen LogP contribution in [0.15, 0.2) is 133 Å². The van der Waals surface area contributed by atoms with Crippen LogP contribution in [0.5, 0.6) is 17.2 Å². The Morgan fingerprint density at radius 3 is 1.20 bits per heavy atom. The van der Waals surface area contributed by atoms with E-state index in [4.69, 9.17) is 28.4 Å². The minimum atomic E-state index is 0.157. The van der Waals surface area contributed by atoms with Crippen molar-refractivity contribution in [3.05, 3.63) is 167 Å². The third-order valence-electron chi connectivity index (χ3n) is 11.2. The van der Waals surface area contributed by atoms with Gasteiger partial charge in [0, 0.05) is 35.7 Å². The van der Waals surface area contributed by atoms with Gasteiger partial charge in [0.2, 0.25) is 0 Å². The van der Waals surface area contributed by atoms with Crippen LogP contribution < -0.4 is 14.2 Å². The Hall–Kier alpha value is -5.60. The fourth-order valence-corrected chi connectivity index (χ4v) is 8.26. The summed E-state index contributed by atoms with van der Waals surface area (Å²) >= 11 is 0. The van der Waals surface area contributed by atoms with Crippen molar-refractivity contribution >= 4 is 21.8 Å². The van der Waals surface area contributed by atoms with Crippen molar-refractivity contribution in [1.82, 2.24) is 4.57 Å². The smallest absolute Gasteiger partial charge is 0.120 e. The molecule has 7 nitrogen and oxygen atoms in total. The molecule has 3 aliphatic rings. The van der Waals surface area contributed by atoms with E-state index in [2.05, 4.69) is 114 Å². The van der Waals surface area contributed by atoms with Crippen LogP contribution in [0, 0.1) is 0 Å². The van der Waals surface area contributed by atoms with Gasteiger partial charge in [-0.2, -0.15) is 0 Å². The molecule has 7 aromatic rings. The zero-order valence-corrected chi connectivity index (χ0v) is 30.7. The highest BCUT2D eigenvalue weighted by atomic mass is 16.5. The Morgan fingerprint density at radius 2 is 0.782 bits per heavy atom. The van der Waals surface area contributed by atoms with Crippen LogP contribution in [0.2, 0.25) is 0 Å². The summed E-state index contributed by atoms with van der Waals surface area (Å²) in [5, 5.41) is 2.17.